The van der Waals surface area contributed by atoms with Crippen LogP contribution >= 0.6 is 0 Å². The Hall–Kier alpha value is -12.4. The SMILES string of the molecule is C=C1N=C(C(=O)NCCCCCCCCCC)C(c2ccc(NC(C)=O)cc2)=N1.C=C1N=C(c2ccc(OCCCCCCCCCCCC)cc2)C(c2ccc(OCCCCCCCCCCCC)cc2)=N1.C=C1N=C(c2ccccc2)C(c2ccccc2)=N1.C=c1c(C(=O)Nc2ccc(OCCCCCCCCCCCCCCCC)cc2)nc2c(C(=O)OC#CC#CC)c(C)nn12.[HH]. The Labute approximate surface area is 807 Å². The highest BCUT2D eigenvalue weighted by Crippen LogP contribution is 2.28. The first-order valence-electron chi connectivity index (χ1n) is 50.4. The summed E-state index contributed by atoms with van der Waals surface area (Å²) in [5, 5.41) is 13.0. The molecule has 0 atom stereocenters. The lowest BCUT2D eigenvalue weighted by Gasteiger charge is -2.10. The molecule has 8 aromatic rings. The normalized spacial score (nSPS) is 12.3. The molecule has 0 radical (unpaired) electrons. The van der Waals surface area contributed by atoms with Crippen LogP contribution < -0.4 is 35.5 Å². The zero-order valence-electron chi connectivity index (χ0n) is 82.2. The number of carbonyl (C=O) groups excluding carboxylic acids is 4. The maximum atomic E-state index is 13.0. The number of amides is 3. The Morgan fingerprint density at radius 1 is 0.370 bits per heavy atom. The van der Waals surface area contributed by atoms with Gasteiger partial charge in [-0.1, -0.05) is 377 Å². The topological polar surface area (TPSA) is 246 Å². The summed E-state index contributed by atoms with van der Waals surface area (Å²) < 4.78 is 24.2. The van der Waals surface area contributed by atoms with Gasteiger partial charge in [0.05, 0.1) is 53.7 Å². The van der Waals surface area contributed by atoms with Crippen LogP contribution in [0.4, 0.5) is 11.4 Å². The Balaban J connectivity index is 0.000000257. The molecule has 3 N–H and O–H groups in total. The summed E-state index contributed by atoms with van der Waals surface area (Å²) in [6, 6.07) is 51.0. The molecule has 2 aromatic heterocycles. The third kappa shape index (κ3) is 40.3. The number of nitrogens with one attached hydrogen (secondary N) is 3. The van der Waals surface area contributed by atoms with Gasteiger partial charge in [-0.15, -0.1) is 0 Å². The minimum absolute atomic E-state index is 0. The summed E-state index contributed by atoms with van der Waals surface area (Å²) in [4.78, 5) is 80.3. The van der Waals surface area contributed by atoms with E-state index in [0.717, 1.165) is 113 Å². The lowest BCUT2D eigenvalue weighted by Crippen LogP contribution is -2.35. The second kappa shape index (κ2) is 64.5. The summed E-state index contributed by atoms with van der Waals surface area (Å²) in [7, 11) is 0. The summed E-state index contributed by atoms with van der Waals surface area (Å²) in [6.45, 7) is 32.2. The maximum absolute atomic E-state index is 13.0. The van der Waals surface area contributed by atoms with Gasteiger partial charge in [-0.05, 0) is 130 Å². The average molecular weight is 1830 g/mol. The van der Waals surface area contributed by atoms with Crippen molar-refractivity contribution in [1.82, 2.24) is 19.9 Å². The van der Waals surface area contributed by atoms with Gasteiger partial charge >= 0.3 is 5.97 Å². The first-order valence-corrected chi connectivity index (χ1v) is 50.4. The van der Waals surface area contributed by atoms with Crippen molar-refractivity contribution in [2.75, 3.05) is 37.0 Å². The second-order valence-electron chi connectivity index (χ2n) is 34.9. The van der Waals surface area contributed by atoms with Crippen molar-refractivity contribution in [3.05, 3.63) is 245 Å². The first-order chi connectivity index (χ1) is 66.0. The number of esters is 1. The van der Waals surface area contributed by atoms with Gasteiger partial charge in [0.15, 0.2) is 17.1 Å². The highest BCUT2D eigenvalue weighted by Gasteiger charge is 2.28. The monoisotopic (exact) mass is 1830 g/mol. The van der Waals surface area contributed by atoms with Crippen LogP contribution in [0.15, 0.2) is 225 Å². The van der Waals surface area contributed by atoms with Crippen molar-refractivity contribution >= 4 is 81.6 Å². The number of anilines is 2. The molecule has 0 fully saturated rings. The molecule has 20 heteroatoms. The summed E-state index contributed by atoms with van der Waals surface area (Å²) in [6.07, 6.45) is 57.3. The molecule has 3 aliphatic rings. The number of ether oxygens (including phenoxy) is 4. The number of hydrogen-bond acceptors (Lipinski definition) is 16. The molecule has 5 heterocycles. The number of fused-ring (bicyclic) bond motifs is 1. The van der Waals surface area contributed by atoms with E-state index in [9.17, 15) is 19.2 Å². The van der Waals surface area contributed by atoms with Gasteiger partial charge in [0.25, 0.3) is 11.8 Å². The molecule has 0 aliphatic carbocycles. The number of benzene rings is 6. The smallest absolute Gasteiger partial charge is 0.357 e. The van der Waals surface area contributed by atoms with Crippen LogP contribution in [0.2, 0.25) is 0 Å². The number of aliphatic imine (C=N–C) groups is 6. The highest BCUT2D eigenvalue weighted by molar-refractivity contribution is 6.71. The zero-order valence-corrected chi connectivity index (χ0v) is 82.2. The average Bonchev–Trinajstić information content (AvgIpc) is 1.60. The van der Waals surface area contributed by atoms with Gasteiger partial charge in [-0.25, -0.2) is 44.2 Å². The molecule has 0 spiro atoms. The van der Waals surface area contributed by atoms with Crippen molar-refractivity contribution in [2.24, 2.45) is 30.0 Å². The van der Waals surface area contributed by atoms with Crippen LogP contribution in [-0.2, 0) is 14.3 Å². The third-order valence-electron chi connectivity index (χ3n) is 23.5. The first kappa shape index (κ1) is 108. The van der Waals surface area contributed by atoms with E-state index >= 15 is 0 Å². The highest BCUT2D eigenvalue weighted by atomic mass is 16.5. The molecule has 0 bridgehead atoms. The van der Waals surface area contributed by atoms with E-state index in [4.69, 9.17) is 18.9 Å². The minimum atomic E-state index is -0.725. The van der Waals surface area contributed by atoms with Crippen LogP contribution in [0.5, 0.6) is 17.2 Å². The fourth-order valence-corrected chi connectivity index (χ4v) is 16.0. The molecule has 0 unspecified atom stereocenters. The van der Waals surface area contributed by atoms with E-state index < -0.39 is 11.9 Å². The van der Waals surface area contributed by atoms with E-state index in [-0.39, 0.29) is 35.5 Å². The van der Waals surface area contributed by atoms with Crippen molar-refractivity contribution in [2.45, 2.75) is 318 Å². The lowest BCUT2D eigenvalue weighted by molar-refractivity contribution is -0.115. The number of rotatable bonds is 59. The molecule has 720 valence electrons. The van der Waals surface area contributed by atoms with Crippen molar-refractivity contribution in [1.29, 1.82) is 0 Å². The predicted octanol–water partition coefficient (Wildman–Crippen LogP) is 27.8. The van der Waals surface area contributed by atoms with Crippen LogP contribution in [0, 0.1) is 30.8 Å². The number of aromatic nitrogens is 3. The van der Waals surface area contributed by atoms with Crippen molar-refractivity contribution in [3.8, 4) is 41.1 Å². The van der Waals surface area contributed by atoms with E-state index in [0.29, 0.717) is 59.1 Å². The van der Waals surface area contributed by atoms with E-state index in [1.807, 2.05) is 109 Å². The Bertz CT molecular complexity index is 5200. The van der Waals surface area contributed by atoms with Gasteiger partial charge in [0.1, 0.15) is 52.1 Å². The van der Waals surface area contributed by atoms with Crippen molar-refractivity contribution < 1.29 is 39.6 Å². The van der Waals surface area contributed by atoms with E-state index in [1.54, 1.807) is 38.1 Å². The molecule has 6 aromatic carbocycles. The Morgan fingerprint density at radius 2 is 0.689 bits per heavy atom. The number of hydrogen-bond donors (Lipinski definition) is 3. The molecule has 11 rings (SSSR count). The predicted molar refractivity (Wildman–Crippen MR) is 562 cm³/mol. The fraction of sp³-hybridized carbons (Fsp3) is 0.461. The van der Waals surface area contributed by atoms with Gasteiger partial charge in [0.2, 0.25) is 5.91 Å². The van der Waals surface area contributed by atoms with Crippen LogP contribution in [0.3, 0.4) is 0 Å². The largest absolute Gasteiger partial charge is 0.494 e. The number of carbonyl (C=O) groups is 4. The molecule has 3 aliphatic heterocycles. The quantitative estimate of drug-likeness (QED) is 0.0185. The van der Waals surface area contributed by atoms with Crippen LogP contribution in [0.25, 0.3) is 12.2 Å². The number of nitrogens with zero attached hydrogens (tertiary/aromatic N) is 9. The van der Waals surface area contributed by atoms with Gasteiger partial charge < -0.3 is 34.9 Å². The Kier molecular flexibility index (Phi) is 51.5. The summed E-state index contributed by atoms with van der Waals surface area (Å²) >= 11 is 0. The molecule has 135 heavy (non-hydrogen) atoms. The third-order valence-corrected chi connectivity index (χ3v) is 23.5. The number of aryl methyl sites for hydroxylation is 1. The second-order valence-corrected chi connectivity index (χ2v) is 34.9. The number of unbranched alkanes of at least 4 members (excludes halogenated alkanes) is 38. The van der Waals surface area contributed by atoms with E-state index in [2.05, 4.69) is 158 Å². The van der Waals surface area contributed by atoms with Crippen molar-refractivity contribution in [3.63, 3.8) is 0 Å². The fourth-order valence-electron chi connectivity index (χ4n) is 16.0. The molecular weight excluding hydrogens is 1680 g/mol. The number of imidazole rings is 1. The maximum Gasteiger partial charge on any atom is 0.357 e. The standard InChI is InChI=1S/C40H60N2O2.C36H46N4O4.C23H32N4O2.C16H12N2.H2/c1-4-6-8-10-12-14-16-18-20-22-32-43-37-28-24-35(25-29-37)39-40(42-34(3)41-39)36-26-30-38(31-27-36)44-33-23-21-19-17-15-13-11-9-7-5-2;1-5-7-9-10-11-12-13-14-15-16-17-18-19-21-26-43-31-24-22-30(23-25-31)37-35(41)33-29(4)40-34(38-33)32(28(3)39-40)36(42)44-27-20-8-6-2;1-4-5-6-7-8-9-10-11-16-24-23(29)22-21(25-17(2)26-22)19-12-14-20(15-13-19)27-18(3)28;1-12-17-15(13-8-4-2-5-9-13)16(18-12)14-10-6-3-7-11-14;/h24-31H,3-23,32-33H2,1-2H3;22-25H,4-5,7,9-19,21,26H2,1-3H3,(H,37,41);12-15H,2,4-11,16H2,1,3H3,(H,24,29)(H,27,28);2-11H,1H2;1H. The molecule has 20 nitrogen and oxygen atoms in total. The van der Waals surface area contributed by atoms with Gasteiger partial charge in [-0.3, -0.25) is 14.4 Å². The van der Waals surface area contributed by atoms with Gasteiger partial charge in [-0.2, -0.15) is 5.10 Å². The van der Waals surface area contributed by atoms with Crippen LogP contribution in [0.1, 0.15) is 367 Å². The van der Waals surface area contributed by atoms with Crippen LogP contribution in [-0.4, -0.2) is 98.9 Å². The van der Waals surface area contributed by atoms with E-state index in [1.165, 1.54) is 249 Å². The molecule has 0 saturated carbocycles. The summed E-state index contributed by atoms with van der Waals surface area (Å²) in [5.41, 5.74) is 11.3. The lowest BCUT2D eigenvalue weighted by atomic mass is 10.00. The zero-order chi connectivity index (χ0) is 96.1. The van der Waals surface area contributed by atoms with Gasteiger partial charge in [0, 0.05) is 60.0 Å². The molecule has 0 saturated heterocycles. The molecular formula is C115H152N12O8. The summed E-state index contributed by atoms with van der Waals surface area (Å²) in [5.74, 6) is 9.93. The minimum Gasteiger partial charge on any atom is -0.494 e. The molecule has 3 amide bonds. The Morgan fingerprint density at radius 3 is 1.07 bits per heavy atom.